The minimum atomic E-state index is -3.42. The fraction of sp³-hybridized carbons (Fsp3) is 1.00. The lowest BCUT2D eigenvalue weighted by molar-refractivity contribution is 0.0722. The Bertz CT molecular complexity index is 288. The summed E-state index contributed by atoms with van der Waals surface area (Å²) in [5.74, 6) is 0. The number of nitrogens with one attached hydrogen (secondary N) is 1. The Balaban J connectivity index is 2.54. The molecule has 0 aromatic carbocycles. The molecule has 1 aliphatic heterocycles. The van der Waals surface area contributed by atoms with E-state index < -0.39 is 10.2 Å². The predicted octanol–water partition coefficient (Wildman–Crippen LogP) is -0.686. The van der Waals surface area contributed by atoms with Crippen LogP contribution in [0.4, 0.5) is 0 Å². The van der Waals surface area contributed by atoms with Crippen molar-refractivity contribution in [3.63, 3.8) is 0 Å². The van der Waals surface area contributed by atoms with E-state index in [0.29, 0.717) is 39.1 Å². The first-order valence-electron chi connectivity index (χ1n) is 5.56. The largest absolute Gasteiger partial charge is 0.396 e. The SMILES string of the molecule is CCC(CCO)NS(=O)(=O)N1CCOCC1. The van der Waals surface area contributed by atoms with E-state index in [1.807, 2.05) is 6.92 Å². The third-order valence-electron chi connectivity index (χ3n) is 2.60. The zero-order valence-corrected chi connectivity index (χ0v) is 10.4. The van der Waals surface area contributed by atoms with E-state index in [2.05, 4.69) is 4.72 Å². The van der Waals surface area contributed by atoms with Crippen LogP contribution < -0.4 is 4.72 Å². The molecular weight excluding hydrogens is 232 g/mol. The highest BCUT2D eigenvalue weighted by atomic mass is 32.2. The Morgan fingerprint density at radius 2 is 2.06 bits per heavy atom. The van der Waals surface area contributed by atoms with E-state index in [1.165, 1.54) is 4.31 Å². The highest BCUT2D eigenvalue weighted by Gasteiger charge is 2.26. The summed E-state index contributed by atoms with van der Waals surface area (Å²) in [5.41, 5.74) is 0. The highest BCUT2D eigenvalue weighted by Crippen LogP contribution is 2.06. The van der Waals surface area contributed by atoms with Gasteiger partial charge in [-0.1, -0.05) is 6.92 Å². The highest BCUT2D eigenvalue weighted by molar-refractivity contribution is 7.87. The maximum Gasteiger partial charge on any atom is 0.279 e. The third kappa shape index (κ3) is 3.99. The van der Waals surface area contributed by atoms with Gasteiger partial charge >= 0.3 is 0 Å². The maximum atomic E-state index is 11.9. The number of morpholine rings is 1. The van der Waals surface area contributed by atoms with Crippen LogP contribution in [0.3, 0.4) is 0 Å². The van der Waals surface area contributed by atoms with Crippen molar-refractivity contribution in [1.29, 1.82) is 0 Å². The lowest BCUT2D eigenvalue weighted by atomic mass is 10.2. The third-order valence-corrected chi connectivity index (χ3v) is 4.27. The van der Waals surface area contributed by atoms with Crippen molar-refractivity contribution in [3.05, 3.63) is 0 Å². The Labute approximate surface area is 96.8 Å². The first-order valence-corrected chi connectivity index (χ1v) is 7.00. The van der Waals surface area contributed by atoms with Crippen LogP contribution in [0.5, 0.6) is 0 Å². The van der Waals surface area contributed by atoms with Gasteiger partial charge in [0.15, 0.2) is 0 Å². The minimum absolute atomic E-state index is 0.00978. The summed E-state index contributed by atoms with van der Waals surface area (Å²) >= 11 is 0. The van der Waals surface area contributed by atoms with Crippen molar-refractivity contribution in [2.24, 2.45) is 0 Å². The van der Waals surface area contributed by atoms with Crippen molar-refractivity contribution in [2.75, 3.05) is 32.9 Å². The second-order valence-corrected chi connectivity index (χ2v) is 5.45. The summed E-state index contributed by atoms with van der Waals surface area (Å²) in [5, 5.41) is 8.81. The van der Waals surface area contributed by atoms with Gasteiger partial charge in [0, 0.05) is 25.7 Å². The fourth-order valence-corrected chi connectivity index (χ4v) is 3.06. The Morgan fingerprint density at radius 3 is 2.56 bits per heavy atom. The van der Waals surface area contributed by atoms with Gasteiger partial charge in [-0.25, -0.2) is 0 Å². The zero-order chi connectivity index (χ0) is 12.0. The van der Waals surface area contributed by atoms with Gasteiger partial charge in [0.25, 0.3) is 10.2 Å². The molecule has 7 heteroatoms. The standard InChI is InChI=1S/C9H20N2O4S/c1-2-9(3-6-12)10-16(13,14)11-4-7-15-8-5-11/h9-10,12H,2-8H2,1H3. The van der Waals surface area contributed by atoms with Crippen molar-refractivity contribution >= 4 is 10.2 Å². The first-order chi connectivity index (χ1) is 7.60. The van der Waals surface area contributed by atoms with Gasteiger partial charge < -0.3 is 9.84 Å². The lowest BCUT2D eigenvalue weighted by Crippen LogP contribution is -2.49. The molecule has 0 spiro atoms. The van der Waals surface area contributed by atoms with E-state index in [9.17, 15) is 8.42 Å². The lowest BCUT2D eigenvalue weighted by Gasteiger charge is -2.28. The summed E-state index contributed by atoms with van der Waals surface area (Å²) in [6, 6.07) is -0.196. The molecule has 6 nitrogen and oxygen atoms in total. The van der Waals surface area contributed by atoms with Crippen LogP contribution in [-0.2, 0) is 14.9 Å². The molecule has 0 saturated carbocycles. The van der Waals surface area contributed by atoms with E-state index in [-0.39, 0.29) is 12.6 Å². The van der Waals surface area contributed by atoms with Gasteiger partial charge in [-0.2, -0.15) is 17.4 Å². The summed E-state index contributed by atoms with van der Waals surface area (Å²) in [4.78, 5) is 0. The molecule has 16 heavy (non-hydrogen) atoms. The van der Waals surface area contributed by atoms with E-state index in [1.54, 1.807) is 0 Å². The van der Waals surface area contributed by atoms with Crippen molar-refractivity contribution in [1.82, 2.24) is 9.03 Å². The Hall–Kier alpha value is -0.210. The van der Waals surface area contributed by atoms with Crippen LogP contribution in [0.2, 0.25) is 0 Å². The van der Waals surface area contributed by atoms with Crippen molar-refractivity contribution in [2.45, 2.75) is 25.8 Å². The maximum absolute atomic E-state index is 11.9. The number of aliphatic hydroxyl groups is 1. The van der Waals surface area contributed by atoms with Crippen LogP contribution in [0.15, 0.2) is 0 Å². The molecule has 0 radical (unpaired) electrons. The second-order valence-electron chi connectivity index (χ2n) is 3.75. The molecule has 2 N–H and O–H groups in total. The first kappa shape index (κ1) is 13.9. The minimum Gasteiger partial charge on any atom is -0.396 e. The van der Waals surface area contributed by atoms with E-state index in [0.717, 1.165) is 0 Å². The fourth-order valence-electron chi connectivity index (χ4n) is 1.57. The molecule has 0 aromatic rings. The summed E-state index contributed by atoms with van der Waals surface area (Å²) in [6.45, 7) is 3.55. The smallest absolute Gasteiger partial charge is 0.279 e. The van der Waals surface area contributed by atoms with Crippen LogP contribution >= 0.6 is 0 Å². The van der Waals surface area contributed by atoms with Crippen LogP contribution in [0.25, 0.3) is 0 Å². The number of hydrogen-bond donors (Lipinski definition) is 2. The van der Waals surface area contributed by atoms with Gasteiger partial charge in [-0.3, -0.25) is 0 Å². The average Bonchev–Trinajstić information content (AvgIpc) is 2.29. The van der Waals surface area contributed by atoms with Gasteiger partial charge in [0.1, 0.15) is 0 Å². The molecule has 1 atom stereocenters. The molecule has 0 amide bonds. The monoisotopic (exact) mass is 252 g/mol. The molecule has 1 fully saturated rings. The Kier molecular flexibility index (Phi) is 5.63. The molecule has 0 bridgehead atoms. The molecule has 0 aliphatic carbocycles. The summed E-state index contributed by atoms with van der Waals surface area (Å²) in [6.07, 6.45) is 1.12. The quantitative estimate of drug-likeness (QED) is 0.656. The molecule has 1 rings (SSSR count). The van der Waals surface area contributed by atoms with Crippen LogP contribution in [0.1, 0.15) is 19.8 Å². The summed E-state index contributed by atoms with van der Waals surface area (Å²) in [7, 11) is -3.42. The Morgan fingerprint density at radius 1 is 1.44 bits per heavy atom. The molecule has 0 aromatic heterocycles. The zero-order valence-electron chi connectivity index (χ0n) is 9.55. The number of nitrogens with zero attached hydrogens (tertiary/aromatic N) is 1. The van der Waals surface area contributed by atoms with Crippen molar-refractivity contribution in [3.8, 4) is 0 Å². The molecule has 1 heterocycles. The normalized spacial score (nSPS) is 20.9. The number of ether oxygens (including phenoxy) is 1. The number of hydrogen-bond acceptors (Lipinski definition) is 4. The van der Waals surface area contributed by atoms with Gasteiger partial charge in [0.2, 0.25) is 0 Å². The van der Waals surface area contributed by atoms with Crippen LogP contribution in [0, 0.1) is 0 Å². The number of aliphatic hydroxyl groups excluding tert-OH is 1. The molecule has 1 aliphatic rings. The van der Waals surface area contributed by atoms with Crippen molar-refractivity contribution < 1.29 is 18.3 Å². The molecule has 1 unspecified atom stereocenters. The van der Waals surface area contributed by atoms with E-state index in [4.69, 9.17) is 9.84 Å². The average molecular weight is 252 g/mol. The van der Waals surface area contributed by atoms with Gasteiger partial charge in [0.05, 0.1) is 13.2 Å². The molecule has 96 valence electrons. The molecule has 1 saturated heterocycles. The predicted molar refractivity (Wildman–Crippen MR) is 60.2 cm³/mol. The van der Waals surface area contributed by atoms with E-state index >= 15 is 0 Å². The van der Waals surface area contributed by atoms with Gasteiger partial charge in [-0.15, -0.1) is 0 Å². The van der Waals surface area contributed by atoms with Gasteiger partial charge in [-0.05, 0) is 12.8 Å². The summed E-state index contributed by atoms with van der Waals surface area (Å²) < 4.78 is 32.9. The second kappa shape index (κ2) is 6.51. The topological polar surface area (TPSA) is 78.9 Å². The number of rotatable bonds is 6. The van der Waals surface area contributed by atoms with Crippen LogP contribution in [-0.4, -0.2) is 56.8 Å². The molecular formula is C9H20N2O4S.